The number of benzene rings is 1. The van der Waals surface area contributed by atoms with Crippen molar-refractivity contribution in [1.29, 1.82) is 0 Å². The van der Waals surface area contributed by atoms with Crippen LogP contribution in [0.4, 0.5) is 11.5 Å². The number of pyridine rings is 1. The van der Waals surface area contributed by atoms with Gasteiger partial charge in [0.2, 0.25) is 0 Å². The van der Waals surface area contributed by atoms with Crippen LogP contribution in [0.5, 0.6) is 0 Å². The third-order valence-corrected chi connectivity index (χ3v) is 3.20. The quantitative estimate of drug-likeness (QED) is 0.823. The van der Waals surface area contributed by atoms with E-state index in [2.05, 4.69) is 10.3 Å². The van der Waals surface area contributed by atoms with Gasteiger partial charge in [-0.05, 0) is 62.6 Å². The molecule has 20 heavy (non-hydrogen) atoms. The Hall–Kier alpha value is -2.36. The molecule has 2 rings (SSSR count). The third kappa shape index (κ3) is 2.96. The zero-order chi connectivity index (χ0) is 14.9. The maximum absolute atomic E-state index is 12.3. The number of carbonyl (C=O) groups is 1. The summed E-state index contributed by atoms with van der Waals surface area (Å²) in [6.45, 7) is 7.70. The summed E-state index contributed by atoms with van der Waals surface area (Å²) in [6.07, 6.45) is 0. The molecule has 4 nitrogen and oxygen atoms in total. The minimum Gasteiger partial charge on any atom is -0.398 e. The van der Waals surface area contributed by atoms with E-state index < -0.39 is 0 Å². The summed E-state index contributed by atoms with van der Waals surface area (Å²) in [5.74, 6) is 0.373. The molecule has 0 unspecified atom stereocenters. The molecule has 0 aliphatic heterocycles. The number of nitrogens with one attached hydrogen (secondary N) is 1. The van der Waals surface area contributed by atoms with E-state index in [1.165, 1.54) is 0 Å². The maximum atomic E-state index is 12.3. The normalized spacial score (nSPS) is 10.4. The Bertz CT molecular complexity index is 657. The molecule has 1 aromatic heterocycles. The lowest BCUT2D eigenvalue weighted by Gasteiger charge is -2.10. The molecular weight excluding hydrogens is 250 g/mol. The fourth-order valence-electron chi connectivity index (χ4n) is 2.20. The van der Waals surface area contributed by atoms with Gasteiger partial charge in [0, 0.05) is 16.9 Å². The molecule has 1 heterocycles. The predicted molar refractivity (Wildman–Crippen MR) is 82.0 cm³/mol. The Balaban J connectivity index is 2.30. The molecule has 1 amide bonds. The number of rotatable bonds is 2. The van der Waals surface area contributed by atoms with Crippen molar-refractivity contribution in [2.45, 2.75) is 27.7 Å². The highest BCUT2D eigenvalue weighted by Gasteiger charge is 2.12. The molecular formula is C16H19N3O. The van der Waals surface area contributed by atoms with Crippen LogP contribution in [-0.2, 0) is 0 Å². The molecule has 0 saturated heterocycles. The number of nitrogen functional groups attached to an aromatic ring is 1. The van der Waals surface area contributed by atoms with Gasteiger partial charge in [0.05, 0.1) is 0 Å². The van der Waals surface area contributed by atoms with Gasteiger partial charge >= 0.3 is 0 Å². The molecule has 0 radical (unpaired) electrons. The SMILES string of the molecule is Cc1cc(C)nc(NC(=O)c2cc(N)c(C)cc2C)c1. The van der Waals surface area contributed by atoms with E-state index in [1.54, 1.807) is 6.07 Å². The fourth-order valence-corrected chi connectivity index (χ4v) is 2.20. The summed E-state index contributed by atoms with van der Waals surface area (Å²) in [6, 6.07) is 7.43. The van der Waals surface area contributed by atoms with Crippen LogP contribution in [0.1, 0.15) is 32.7 Å². The maximum Gasteiger partial charge on any atom is 0.257 e. The molecule has 0 aliphatic rings. The highest BCUT2D eigenvalue weighted by Crippen LogP contribution is 2.19. The fraction of sp³-hybridized carbons (Fsp3) is 0.250. The van der Waals surface area contributed by atoms with Gasteiger partial charge in [-0.2, -0.15) is 0 Å². The number of aryl methyl sites for hydroxylation is 4. The van der Waals surface area contributed by atoms with Crippen molar-refractivity contribution in [3.63, 3.8) is 0 Å². The average Bonchev–Trinajstić information content (AvgIpc) is 2.32. The molecule has 2 aromatic rings. The predicted octanol–water partition coefficient (Wildman–Crippen LogP) is 3.15. The number of amides is 1. The van der Waals surface area contributed by atoms with E-state index in [1.807, 2.05) is 45.9 Å². The van der Waals surface area contributed by atoms with E-state index in [0.717, 1.165) is 22.4 Å². The van der Waals surface area contributed by atoms with Crippen molar-refractivity contribution >= 4 is 17.4 Å². The Morgan fingerprint density at radius 3 is 2.40 bits per heavy atom. The first-order chi connectivity index (χ1) is 9.36. The molecule has 0 fully saturated rings. The van der Waals surface area contributed by atoms with Crippen LogP contribution in [-0.4, -0.2) is 10.9 Å². The number of hydrogen-bond acceptors (Lipinski definition) is 3. The summed E-state index contributed by atoms with van der Waals surface area (Å²) in [7, 11) is 0. The van der Waals surface area contributed by atoms with Crippen LogP contribution in [0, 0.1) is 27.7 Å². The van der Waals surface area contributed by atoms with E-state index in [0.29, 0.717) is 17.1 Å². The summed E-state index contributed by atoms with van der Waals surface area (Å²) >= 11 is 0. The molecule has 1 aromatic carbocycles. The van der Waals surface area contributed by atoms with Crippen molar-refractivity contribution in [2.24, 2.45) is 0 Å². The largest absolute Gasteiger partial charge is 0.398 e. The first-order valence-electron chi connectivity index (χ1n) is 6.50. The molecule has 3 N–H and O–H groups in total. The minimum atomic E-state index is -0.188. The summed E-state index contributed by atoms with van der Waals surface area (Å²) in [5, 5.41) is 2.82. The van der Waals surface area contributed by atoms with Gasteiger partial charge in [-0.15, -0.1) is 0 Å². The smallest absolute Gasteiger partial charge is 0.257 e. The first-order valence-corrected chi connectivity index (χ1v) is 6.50. The Labute approximate surface area is 119 Å². The van der Waals surface area contributed by atoms with E-state index in [-0.39, 0.29) is 5.91 Å². The molecule has 0 atom stereocenters. The monoisotopic (exact) mass is 269 g/mol. The van der Waals surface area contributed by atoms with Crippen molar-refractivity contribution in [2.75, 3.05) is 11.1 Å². The van der Waals surface area contributed by atoms with Gasteiger partial charge in [0.1, 0.15) is 5.82 Å². The Morgan fingerprint density at radius 2 is 1.75 bits per heavy atom. The first kappa shape index (κ1) is 14.1. The van der Waals surface area contributed by atoms with Gasteiger partial charge in [-0.1, -0.05) is 6.07 Å². The van der Waals surface area contributed by atoms with Gasteiger partial charge < -0.3 is 11.1 Å². The summed E-state index contributed by atoms with van der Waals surface area (Å²) < 4.78 is 0. The third-order valence-electron chi connectivity index (χ3n) is 3.20. The second kappa shape index (κ2) is 5.33. The van der Waals surface area contributed by atoms with Gasteiger partial charge in [0.15, 0.2) is 0 Å². The number of carbonyl (C=O) groups excluding carboxylic acids is 1. The molecule has 0 bridgehead atoms. The Kier molecular flexibility index (Phi) is 3.74. The van der Waals surface area contributed by atoms with Gasteiger partial charge in [-0.25, -0.2) is 4.98 Å². The van der Waals surface area contributed by atoms with Crippen LogP contribution in [0.15, 0.2) is 24.3 Å². The lowest BCUT2D eigenvalue weighted by molar-refractivity contribution is 0.102. The number of hydrogen-bond donors (Lipinski definition) is 2. The lowest BCUT2D eigenvalue weighted by Crippen LogP contribution is -2.15. The minimum absolute atomic E-state index is 0.188. The topological polar surface area (TPSA) is 68.0 Å². The Morgan fingerprint density at radius 1 is 1.05 bits per heavy atom. The zero-order valence-corrected chi connectivity index (χ0v) is 12.2. The molecule has 0 aliphatic carbocycles. The van der Waals surface area contributed by atoms with Crippen LogP contribution < -0.4 is 11.1 Å². The zero-order valence-electron chi connectivity index (χ0n) is 12.2. The number of nitrogens with two attached hydrogens (primary N) is 1. The van der Waals surface area contributed by atoms with Crippen LogP contribution in [0.2, 0.25) is 0 Å². The lowest BCUT2D eigenvalue weighted by atomic mass is 10.0. The molecule has 104 valence electrons. The van der Waals surface area contributed by atoms with E-state index in [9.17, 15) is 4.79 Å². The standard InChI is InChI=1S/C16H19N3O/c1-9-5-12(4)18-15(6-9)19-16(20)13-8-14(17)11(3)7-10(13)2/h5-8H,17H2,1-4H3,(H,18,19,20). The second-order valence-electron chi connectivity index (χ2n) is 5.15. The highest BCUT2D eigenvalue weighted by atomic mass is 16.1. The molecule has 0 saturated carbocycles. The summed E-state index contributed by atoms with van der Waals surface area (Å²) in [4.78, 5) is 16.6. The second-order valence-corrected chi connectivity index (χ2v) is 5.15. The summed E-state index contributed by atoms with van der Waals surface area (Å²) in [5.41, 5.74) is 10.9. The molecule has 4 heteroatoms. The van der Waals surface area contributed by atoms with Crippen molar-refractivity contribution in [3.8, 4) is 0 Å². The van der Waals surface area contributed by atoms with Gasteiger partial charge in [-0.3, -0.25) is 4.79 Å². The van der Waals surface area contributed by atoms with Crippen LogP contribution >= 0.6 is 0 Å². The van der Waals surface area contributed by atoms with Crippen molar-refractivity contribution in [1.82, 2.24) is 4.98 Å². The number of anilines is 2. The number of aromatic nitrogens is 1. The van der Waals surface area contributed by atoms with E-state index in [4.69, 9.17) is 5.73 Å². The van der Waals surface area contributed by atoms with E-state index >= 15 is 0 Å². The van der Waals surface area contributed by atoms with Crippen molar-refractivity contribution < 1.29 is 4.79 Å². The van der Waals surface area contributed by atoms with Crippen molar-refractivity contribution in [3.05, 3.63) is 52.2 Å². The van der Waals surface area contributed by atoms with Crippen LogP contribution in [0.25, 0.3) is 0 Å². The number of nitrogens with zero attached hydrogens (tertiary/aromatic N) is 1. The van der Waals surface area contributed by atoms with Gasteiger partial charge in [0.25, 0.3) is 5.91 Å². The van der Waals surface area contributed by atoms with Crippen LogP contribution in [0.3, 0.4) is 0 Å². The highest BCUT2D eigenvalue weighted by molar-refractivity contribution is 6.05. The molecule has 0 spiro atoms. The average molecular weight is 269 g/mol.